The lowest BCUT2D eigenvalue weighted by atomic mass is 9.73. The monoisotopic (exact) mass is 447 g/mol. The first kappa shape index (κ1) is 22.7. The normalized spacial score (nSPS) is 17.0. The molecule has 0 saturated carbocycles. The molecule has 4 rings (SSSR count). The first-order valence-electron chi connectivity index (χ1n) is 11.1. The molecule has 0 aromatic heterocycles. The quantitative estimate of drug-likeness (QED) is 0.617. The smallest absolute Gasteiger partial charge is 0.410 e. The molecule has 2 aromatic carbocycles. The Bertz CT molecular complexity index is 1100. The molecule has 1 spiro atoms. The molecule has 2 aliphatic rings. The number of carbonyl (C=O) groups excluding carboxylic acids is 2. The molecule has 1 saturated heterocycles. The van der Waals surface area contributed by atoms with Gasteiger partial charge in [0.1, 0.15) is 11.4 Å². The lowest BCUT2D eigenvalue weighted by molar-refractivity contribution is -0.125. The van der Waals surface area contributed by atoms with E-state index in [1.54, 1.807) is 18.1 Å². The molecule has 172 valence electrons. The Morgan fingerprint density at radius 3 is 2.36 bits per heavy atom. The van der Waals surface area contributed by atoms with Crippen LogP contribution in [-0.4, -0.2) is 42.7 Å². The van der Waals surface area contributed by atoms with Gasteiger partial charge >= 0.3 is 6.09 Å². The maximum absolute atomic E-state index is 13.9. The predicted octanol–water partition coefficient (Wildman–Crippen LogP) is 5.06. The van der Waals surface area contributed by atoms with Crippen molar-refractivity contribution in [3.8, 4) is 5.75 Å². The number of likely N-dealkylation sites (tertiary alicyclic amines) is 1. The molecular weight excluding hydrogens is 418 g/mol. The van der Waals surface area contributed by atoms with E-state index in [4.69, 9.17) is 16.0 Å². The molecule has 0 unspecified atom stereocenters. The van der Waals surface area contributed by atoms with Crippen LogP contribution in [0.2, 0.25) is 0 Å². The van der Waals surface area contributed by atoms with Gasteiger partial charge in [0.05, 0.1) is 25.6 Å². The summed E-state index contributed by atoms with van der Waals surface area (Å²) in [6, 6.07) is 13.2. The molecule has 2 heterocycles. The van der Waals surface area contributed by atoms with Crippen LogP contribution < -0.4 is 9.64 Å². The van der Waals surface area contributed by atoms with Crippen LogP contribution in [0.3, 0.4) is 0 Å². The standard InChI is InChI=1S/C26H29N3O4/c1-25(2,3)33-24(31)28-14-12-26(13-15-28)21-16-19(27-4)8-11-22(21)29(23(26)30)17-18-6-9-20(32-5)10-7-18/h6-11,16H,12-15,17H2,1-3,5H3. The average molecular weight is 448 g/mol. The second-order valence-electron chi connectivity index (χ2n) is 9.60. The van der Waals surface area contributed by atoms with Gasteiger partial charge in [-0.1, -0.05) is 24.3 Å². The summed E-state index contributed by atoms with van der Waals surface area (Å²) in [6.07, 6.45) is 0.644. The van der Waals surface area contributed by atoms with Gasteiger partial charge in [0, 0.05) is 18.8 Å². The average Bonchev–Trinajstić information content (AvgIpc) is 3.01. The van der Waals surface area contributed by atoms with Crippen LogP contribution in [0.1, 0.15) is 44.7 Å². The highest BCUT2D eigenvalue weighted by molar-refractivity contribution is 6.08. The topological polar surface area (TPSA) is 63.4 Å². The van der Waals surface area contributed by atoms with Crippen LogP contribution in [-0.2, 0) is 21.5 Å². The number of fused-ring (bicyclic) bond motifs is 2. The second-order valence-corrected chi connectivity index (χ2v) is 9.60. The summed E-state index contributed by atoms with van der Waals surface area (Å²) in [7, 11) is 1.62. The van der Waals surface area contributed by atoms with Gasteiger partial charge in [0.15, 0.2) is 5.69 Å². The third-order valence-corrected chi connectivity index (χ3v) is 6.34. The summed E-state index contributed by atoms with van der Waals surface area (Å²) in [5.41, 5.74) is 1.93. The minimum absolute atomic E-state index is 0.0271. The summed E-state index contributed by atoms with van der Waals surface area (Å²) >= 11 is 0. The zero-order valence-corrected chi connectivity index (χ0v) is 19.6. The second kappa shape index (κ2) is 8.43. The fourth-order valence-corrected chi connectivity index (χ4v) is 4.65. The number of nitrogens with zero attached hydrogens (tertiary/aromatic N) is 3. The fraction of sp³-hybridized carbons (Fsp3) is 0.423. The fourth-order valence-electron chi connectivity index (χ4n) is 4.65. The molecule has 0 bridgehead atoms. The summed E-state index contributed by atoms with van der Waals surface area (Å²) in [6.45, 7) is 14.3. The highest BCUT2D eigenvalue weighted by Crippen LogP contribution is 2.49. The Labute approximate surface area is 194 Å². The Kier molecular flexibility index (Phi) is 5.79. The van der Waals surface area contributed by atoms with Gasteiger partial charge < -0.3 is 19.3 Å². The molecule has 0 atom stereocenters. The van der Waals surface area contributed by atoms with Gasteiger partial charge in [-0.2, -0.15) is 0 Å². The first-order valence-corrected chi connectivity index (χ1v) is 11.1. The van der Waals surface area contributed by atoms with Crippen molar-refractivity contribution < 1.29 is 19.1 Å². The van der Waals surface area contributed by atoms with Gasteiger partial charge in [0.2, 0.25) is 5.91 Å². The van der Waals surface area contributed by atoms with E-state index in [1.807, 2.05) is 62.1 Å². The van der Waals surface area contributed by atoms with Crippen molar-refractivity contribution in [2.75, 3.05) is 25.1 Å². The van der Waals surface area contributed by atoms with E-state index in [0.717, 1.165) is 22.6 Å². The van der Waals surface area contributed by atoms with Gasteiger partial charge in [0.25, 0.3) is 0 Å². The number of anilines is 1. The minimum atomic E-state index is -0.735. The van der Waals surface area contributed by atoms with Crippen molar-refractivity contribution >= 4 is 23.4 Å². The number of rotatable bonds is 3. The molecule has 0 N–H and O–H groups in total. The van der Waals surface area contributed by atoms with Crippen LogP contribution in [0.25, 0.3) is 4.85 Å². The van der Waals surface area contributed by atoms with E-state index >= 15 is 0 Å². The Hall–Kier alpha value is -3.53. The van der Waals surface area contributed by atoms with E-state index in [2.05, 4.69) is 4.85 Å². The number of hydrogen-bond donors (Lipinski definition) is 0. The number of hydrogen-bond acceptors (Lipinski definition) is 4. The number of methoxy groups -OCH3 is 1. The van der Waals surface area contributed by atoms with E-state index in [1.165, 1.54) is 0 Å². The maximum atomic E-state index is 13.9. The van der Waals surface area contributed by atoms with E-state index < -0.39 is 11.0 Å². The summed E-state index contributed by atoms with van der Waals surface area (Å²) in [4.78, 5) is 33.5. The van der Waals surface area contributed by atoms with Gasteiger partial charge in [-0.3, -0.25) is 4.79 Å². The number of benzene rings is 2. The Morgan fingerprint density at radius 1 is 1.12 bits per heavy atom. The van der Waals surface area contributed by atoms with Gasteiger partial charge in [-0.25, -0.2) is 9.64 Å². The Morgan fingerprint density at radius 2 is 1.79 bits per heavy atom. The summed E-state index contributed by atoms with van der Waals surface area (Å²) in [5.74, 6) is 0.791. The molecule has 2 aliphatic heterocycles. The SMILES string of the molecule is [C-]#[N+]c1ccc2c(c1)C1(CCN(C(=O)OC(C)(C)C)CC1)C(=O)N2Cc1ccc(OC)cc1. The van der Waals surface area contributed by atoms with E-state index in [9.17, 15) is 9.59 Å². The van der Waals surface area contributed by atoms with Crippen molar-refractivity contribution in [2.45, 2.75) is 51.2 Å². The lowest BCUT2D eigenvalue weighted by Gasteiger charge is -2.39. The molecule has 0 radical (unpaired) electrons. The largest absolute Gasteiger partial charge is 0.497 e. The van der Waals surface area contributed by atoms with Crippen LogP contribution in [0, 0.1) is 6.57 Å². The van der Waals surface area contributed by atoms with Gasteiger partial charge in [-0.15, -0.1) is 0 Å². The zero-order chi connectivity index (χ0) is 23.8. The maximum Gasteiger partial charge on any atom is 0.410 e. The van der Waals surface area contributed by atoms with E-state index in [0.29, 0.717) is 38.2 Å². The lowest BCUT2D eigenvalue weighted by Crippen LogP contribution is -2.50. The third-order valence-electron chi connectivity index (χ3n) is 6.34. The molecule has 0 aliphatic carbocycles. The molecule has 7 nitrogen and oxygen atoms in total. The minimum Gasteiger partial charge on any atom is -0.497 e. The number of ether oxygens (including phenoxy) is 2. The van der Waals surface area contributed by atoms with E-state index in [-0.39, 0.29) is 12.0 Å². The zero-order valence-electron chi connectivity index (χ0n) is 19.6. The summed E-state index contributed by atoms with van der Waals surface area (Å²) in [5, 5.41) is 0. The number of amides is 2. The number of piperidine rings is 1. The van der Waals surface area contributed by atoms with Crippen LogP contribution in [0.15, 0.2) is 42.5 Å². The van der Waals surface area contributed by atoms with Crippen molar-refractivity contribution in [2.24, 2.45) is 0 Å². The molecule has 1 fully saturated rings. The van der Waals surface area contributed by atoms with Crippen LogP contribution >= 0.6 is 0 Å². The summed E-state index contributed by atoms with van der Waals surface area (Å²) < 4.78 is 10.8. The molecule has 33 heavy (non-hydrogen) atoms. The number of carbonyl (C=O) groups is 2. The molecule has 2 aromatic rings. The Balaban J connectivity index is 1.62. The van der Waals surface area contributed by atoms with Crippen molar-refractivity contribution in [3.05, 3.63) is 65.0 Å². The van der Waals surface area contributed by atoms with Crippen LogP contribution in [0.4, 0.5) is 16.2 Å². The molecular formula is C26H29N3O4. The predicted molar refractivity (Wildman–Crippen MR) is 126 cm³/mol. The third kappa shape index (κ3) is 4.25. The van der Waals surface area contributed by atoms with Crippen molar-refractivity contribution in [3.63, 3.8) is 0 Å². The van der Waals surface area contributed by atoms with Crippen molar-refractivity contribution in [1.82, 2.24) is 4.90 Å². The molecule has 7 heteroatoms. The molecule has 2 amide bonds. The highest BCUT2D eigenvalue weighted by Gasteiger charge is 2.52. The van der Waals surface area contributed by atoms with Crippen LogP contribution in [0.5, 0.6) is 5.75 Å². The first-order chi connectivity index (χ1) is 15.7. The highest BCUT2D eigenvalue weighted by atomic mass is 16.6. The van der Waals surface area contributed by atoms with Crippen molar-refractivity contribution in [1.29, 1.82) is 0 Å². The van der Waals surface area contributed by atoms with Gasteiger partial charge in [-0.05, 0) is 62.9 Å².